The molecule has 24 heavy (non-hydrogen) atoms. The van der Waals surface area contributed by atoms with Crippen LogP contribution in [0.4, 0.5) is 5.69 Å². The number of aryl methyl sites for hydroxylation is 1. The summed E-state index contributed by atoms with van der Waals surface area (Å²) in [6.45, 7) is 3.48. The molecule has 5 nitrogen and oxygen atoms in total. The van der Waals surface area contributed by atoms with E-state index in [1.54, 1.807) is 0 Å². The number of imidazole rings is 1. The average molecular weight is 322 g/mol. The van der Waals surface area contributed by atoms with Gasteiger partial charge in [-0.2, -0.15) is 0 Å². The summed E-state index contributed by atoms with van der Waals surface area (Å²) < 4.78 is 1.88. The molecule has 3 rings (SSSR count). The number of fused-ring (bicyclic) bond motifs is 1. The summed E-state index contributed by atoms with van der Waals surface area (Å²) in [7, 11) is 2.06. The van der Waals surface area contributed by atoms with Crippen molar-refractivity contribution in [3.8, 4) is 0 Å². The number of rotatable bonds is 6. The van der Waals surface area contributed by atoms with Gasteiger partial charge in [-0.15, -0.1) is 0 Å². The predicted octanol–water partition coefficient (Wildman–Crippen LogP) is 2.90. The molecule has 124 valence electrons. The lowest BCUT2D eigenvalue weighted by Crippen LogP contribution is -2.28. The van der Waals surface area contributed by atoms with Crippen molar-refractivity contribution < 1.29 is 4.79 Å². The Hall–Kier alpha value is -2.82. The second-order valence-electron chi connectivity index (χ2n) is 5.93. The van der Waals surface area contributed by atoms with E-state index in [-0.39, 0.29) is 5.91 Å². The summed E-state index contributed by atoms with van der Waals surface area (Å²) >= 11 is 0. The van der Waals surface area contributed by atoms with Gasteiger partial charge < -0.3 is 14.6 Å². The zero-order valence-corrected chi connectivity index (χ0v) is 14.1. The number of pyridine rings is 1. The predicted molar refractivity (Wildman–Crippen MR) is 96.6 cm³/mol. The molecule has 0 aliphatic rings. The normalized spacial score (nSPS) is 10.8. The number of nitrogens with one attached hydrogen (secondary N) is 1. The third kappa shape index (κ3) is 3.74. The first-order chi connectivity index (χ1) is 11.6. The van der Waals surface area contributed by atoms with E-state index in [0.717, 1.165) is 24.3 Å². The number of carbonyl (C=O) groups is 1. The van der Waals surface area contributed by atoms with Crippen LogP contribution in [0, 0.1) is 6.92 Å². The number of nitrogens with zero attached hydrogens (tertiary/aromatic N) is 3. The van der Waals surface area contributed by atoms with E-state index in [0.29, 0.717) is 12.1 Å². The van der Waals surface area contributed by atoms with Gasteiger partial charge >= 0.3 is 0 Å². The molecule has 0 aliphatic heterocycles. The Labute approximate surface area is 141 Å². The highest BCUT2D eigenvalue weighted by Gasteiger charge is 2.07. The Balaban J connectivity index is 1.49. The summed E-state index contributed by atoms with van der Waals surface area (Å²) in [5, 5.41) is 2.98. The Morgan fingerprint density at radius 3 is 2.75 bits per heavy atom. The van der Waals surface area contributed by atoms with E-state index < -0.39 is 0 Å². The third-order valence-electron chi connectivity index (χ3n) is 3.99. The molecular weight excluding hydrogens is 300 g/mol. The van der Waals surface area contributed by atoms with E-state index in [9.17, 15) is 4.79 Å². The standard InChI is InChI=1S/C19H22N4O/c1-15-13-23-14-16(9-10-18(23)21-15)19(24)20-11-6-12-22(2)17-7-4-3-5-8-17/h3-5,7-10,13-14H,6,11-12H2,1-2H3,(H,20,24). The van der Waals surface area contributed by atoms with Crippen molar-refractivity contribution >= 4 is 17.2 Å². The van der Waals surface area contributed by atoms with Crippen molar-refractivity contribution in [2.75, 3.05) is 25.0 Å². The minimum atomic E-state index is -0.0504. The maximum Gasteiger partial charge on any atom is 0.252 e. The van der Waals surface area contributed by atoms with E-state index in [1.807, 2.05) is 54.0 Å². The van der Waals surface area contributed by atoms with Crippen LogP contribution in [0.5, 0.6) is 0 Å². The Bertz CT molecular complexity index is 826. The van der Waals surface area contributed by atoms with E-state index >= 15 is 0 Å². The highest BCUT2D eigenvalue weighted by atomic mass is 16.1. The fourth-order valence-corrected chi connectivity index (χ4v) is 2.68. The van der Waals surface area contributed by atoms with Gasteiger partial charge in [0.2, 0.25) is 0 Å². The summed E-state index contributed by atoms with van der Waals surface area (Å²) in [5.74, 6) is -0.0504. The van der Waals surface area contributed by atoms with Gasteiger partial charge in [0.1, 0.15) is 5.65 Å². The first kappa shape index (κ1) is 16.1. The molecule has 0 unspecified atom stereocenters. The minimum absolute atomic E-state index is 0.0504. The van der Waals surface area contributed by atoms with Gasteiger partial charge in [-0.05, 0) is 37.6 Å². The monoisotopic (exact) mass is 322 g/mol. The maximum absolute atomic E-state index is 12.3. The lowest BCUT2D eigenvalue weighted by Gasteiger charge is -2.19. The van der Waals surface area contributed by atoms with Crippen LogP contribution >= 0.6 is 0 Å². The molecule has 3 aromatic rings. The fourth-order valence-electron chi connectivity index (χ4n) is 2.68. The molecule has 1 aromatic carbocycles. The number of para-hydroxylation sites is 1. The number of anilines is 1. The topological polar surface area (TPSA) is 49.6 Å². The van der Waals surface area contributed by atoms with Crippen LogP contribution < -0.4 is 10.2 Å². The van der Waals surface area contributed by atoms with Crippen LogP contribution in [-0.2, 0) is 0 Å². The number of aromatic nitrogens is 2. The number of hydrogen-bond donors (Lipinski definition) is 1. The molecule has 5 heteroatoms. The Kier molecular flexibility index (Phi) is 4.79. The number of carbonyl (C=O) groups excluding carboxylic acids is 1. The lowest BCUT2D eigenvalue weighted by molar-refractivity contribution is 0.0953. The van der Waals surface area contributed by atoms with Crippen molar-refractivity contribution in [1.82, 2.24) is 14.7 Å². The number of hydrogen-bond acceptors (Lipinski definition) is 3. The fraction of sp³-hybridized carbons (Fsp3) is 0.263. The van der Waals surface area contributed by atoms with Crippen LogP contribution in [0.2, 0.25) is 0 Å². The summed E-state index contributed by atoms with van der Waals surface area (Å²) in [4.78, 5) is 18.8. The van der Waals surface area contributed by atoms with Crippen molar-refractivity contribution in [2.45, 2.75) is 13.3 Å². The molecule has 2 heterocycles. The first-order valence-electron chi connectivity index (χ1n) is 8.13. The SMILES string of the molecule is Cc1cn2cc(C(=O)NCCCN(C)c3ccccc3)ccc2n1. The molecule has 0 bridgehead atoms. The first-order valence-corrected chi connectivity index (χ1v) is 8.13. The molecule has 0 spiro atoms. The van der Waals surface area contributed by atoms with E-state index in [4.69, 9.17) is 0 Å². The minimum Gasteiger partial charge on any atom is -0.375 e. The van der Waals surface area contributed by atoms with Crippen LogP contribution in [-0.4, -0.2) is 35.4 Å². The second kappa shape index (κ2) is 7.17. The van der Waals surface area contributed by atoms with Crippen molar-refractivity contribution in [1.29, 1.82) is 0 Å². The zero-order valence-electron chi connectivity index (χ0n) is 14.1. The van der Waals surface area contributed by atoms with Gasteiger partial charge in [-0.25, -0.2) is 4.98 Å². The summed E-state index contributed by atoms with van der Waals surface area (Å²) in [6.07, 6.45) is 4.63. The molecule has 1 N–H and O–H groups in total. The zero-order chi connectivity index (χ0) is 16.9. The van der Waals surface area contributed by atoms with E-state index in [2.05, 4.69) is 34.4 Å². The van der Waals surface area contributed by atoms with Crippen LogP contribution in [0.3, 0.4) is 0 Å². The third-order valence-corrected chi connectivity index (χ3v) is 3.99. The molecule has 1 amide bonds. The van der Waals surface area contributed by atoms with Gasteiger partial charge in [0.25, 0.3) is 5.91 Å². The van der Waals surface area contributed by atoms with Crippen LogP contribution in [0.25, 0.3) is 5.65 Å². The van der Waals surface area contributed by atoms with Crippen molar-refractivity contribution in [2.24, 2.45) is 0 Å². The molecule has 0 aliphatic carbocycles. The van der Waals surface area contributed by atoms with Crippen molar-refractivity contribution in [3.05, 3.63) is 66.1 Å². The van der Waals surface area contributed by atoms with E-state index in [1.165, 1.54) is 5.69 Å². The molecule has 0 saturated carbocycles. The average Bonchev–Trinajstić information content (AvgIpc) is 2.98. The van der Waals surface area contributed by atoms with Crippen LogP contribution in [0.1, 0.15) is 22.5 Å². The highest BCUT2D eigenvalue weighted by Crippen LogP contribution is 2.11. The van der Waals surface area contributed by atoms with Gasteiger partial charge in [-0.3, -0.25) is 4.79 Å². The maximum atomic E-state index is 12.3. The molecule has 0 radical (unpaired) electrons. The highest BCUT2D eigenvalue weighted by molar-refractivity contribution is 5.94. The molecule has 2 aromatic heterocycles. The molecule has 0 atom stereocenters. The molecular formula is C19H22N4O. The summed E-state index contributed by atoms with van der Waals surface area (Å²) in [5.41, 5.74) is 3.63. The van der Waals surface area contributed by atoms with Gasteiger partial charge in [0, 0.05) is 38.2 Å². The Morgan fingerprint density at radius 2 is 1.96 bits per heavy atom. The van der Waals surface area contributed by atoms with Gasteiger partial charge in [0.05, 0.1) is 11.3 Å². The second-order valence-corrected chi connectivity index (χ2v) is 5.93. The lowest BCUT2D eigenvalue weighted by atomic mass is 10.2. The number of amides is 1. The quantitative estimate of drug-likeness (QED) is 0.710. The summed E-state index contributed by atoms with van der Waals surface area (Å²) in [6, 6.07) is 13.9. The van der Waals surface area contributed by atoms with Gasteiger partial charge in [0.15, 0.2) is 0 Å². The smallest absolute Gasteiger partial charge is 0.252 e. The number of benzene rings is 1. The van der Waals surface area contributed by atoms with Crippen molar-refractivity contribution in [3.63, 3.8) is 0 Å². The molecule has 0 fully saturated rings. The van der Waals surface area contributed by atoms with Gasteiger partial charge in [-0.1, -0.05) is 18.2 Å². The van der Waals surface area contributed by atoms with Crippen LogP contribution in [0.15, 0.2) is 54.9 Å². The molecule has 0 saturated heterocycles. The Morgan fingerprint density at radius 1 is 1.17 bits per heavy atom. The largest absolute Gasteiger partial charge is 0.375 e.